The Morgan fingerprint density at radius 1 is 1.28 bits per heavy atom. The molecule has 1 aliphatic rings. The molecule has 0 aliphatic carbocycles. The molecule has 0 spiro atoms. The van der Waals surface area contributed by atoms with Crippen molar-refractivity contribution in [3.63, 3.8) is 0 Å². The van der Waals surface area contributed by atoms with Gasteiger partial charge in [-0.25, -0.2) is 0 Å². The van der Waals surface area contributed by atoms with Crippen molar-refractivity contribution in [3.05, 3.63) is 29.3 Å². The van der Waals surface area contributed by atoms with Gasteiger partial charge in [0, 0.05) is 19.6 Å². The van der Waals surface area contributed by atoms with E-state index >= 15 is 0 Å². The maximum atomic E-state index is 9.43. The van der Waals surface area contributed by atoms with Crippen molar-refractivity contribution >= 4 is 0 Å². The van der Waals surface area contributed by atoms with Gasteiger partial charge in [0.2, 0.25) is 0 Å². The van der Waals surface area contributed by atoms with E-state index in [4.69, 9.17) is 4.74 Å². The lowest BCUT2D eigenvalue weighted by atomic mass is 10.1. The fourth-order valence-electron chi connectivity index (χ4n) is 2.39. The van der Waals surface area contributed by atoms with Crippen LogP contribution in [0, 0.1) is 13.8 Å². The number of benzene rings is 1. The Bertz CT molecular complexity index is 384. The first-order valence-corrected chi connectivity index (χ1v) is 6.75. The van der Waals surface area contributed by atoms with Crippen LogP contribution in [0.2, 0.25) is 0 Å². The predicted octanol–water partition coefficient (Wildman–Crippen LogP) is 2.14. The molecule has 0 radical (unpaired) electrons. The fraction of sp³-hybridized carbons (Fsp3) is 0.600. The molecule has 1 aromatic carbocycles. The summed E-state index contributed by atoms with van der Waals surface area (Å²) < 4.78 is 5.82. The van der Waals surface area contributed by atoms with Crippen LogP contribution in [0.15, 0.2) is 18.2 Å². The van der Waals surface area contributed by atoms with Gasteiger partial charge >= 0.3 is 0 Å². The Balaban J connectivity index is 1.75. The molecular weight excluding hydrogens is 226 g/mol. The zero-order chi connectivity index (χ0) is 13.0. The molecule has 1 saturated heterocycles. The topological polar surface area (TPSA) is 32.7 Å². The predicted molar refractivity (Wildman–Crippen MR) is 73.1 cm³/mol. The molecule has 0 atom stereocenters. The van der Waals surface area contributed by atoms with Crippen molar-refractivity contribution in [3.8, 4) is 5.75 Å². The van der Waals surface area contributed by atoms with Gasteiger partial charge in [-0.15, -0.1) is 0 Å². The monoisotopic (exact) mass is 249 g/mol. The zero-order valence-corrected chi connectivity index (χ0v) is 11.4. The number of rotatable bonds is 4. The highest BCUT2D eigenvalue weighted by molar-refractivity contribution is 5.35. The Kier molecular flexibility index (Phi) is 4.61. The Labute approximate surface area is 109 Å². The SMILES string of the molecule is Cc1ccc(OCCN2CCC(O)CC2)c(C)c1. The summed E-state index contributed by atoms with van der Waals surface area (Å²) in [6, 6.07) is 6.27. The summed E-state index contributed by atoms with van der Waals surface area (Å²) in [4.78, 5) is 2.36. The van der Waals surface area contributed by atoms with E-state index in [-0.39, 0.29) is 6.10 Å². The number of aryl methyl sites for hydroxylation is 2. The lowest BCUT2D eigenvalue weighted by molar-refractivity contribution is 0.0754. The minimum atomic E-state index is -0.0958. The molecule has 3 nitrogen and oxygen atoms in total. The maximum Gasteiger partial charge on any atom is 0.122 e. The molecule has 1 heterocycles. The first-order valence-electron chi connectivity index (χ1n) is 6.75. The van der Waals surface area contributed by atoms with Gasteiger partial charge in [-0.2, -0.15) is 0 Å². The number of likely N-dealkylation sites (tertiary alicyclic amines) is 1. The maximum absolute atomic E-state index is 9.43. The molecule has 2 rings (SSSR count). The highest BCUT2D eigenvalue weighted by Crippen LogP contribution is 2.18. The Hall–Kier alpha value is -1.06. The molecule has 1 aliphatic heterocycles. The van der Waals surface area contributed by atoms with Crippen LogP contribution in [-0.2, 0) is 0 Å². The second-order valence-electron chi connectivity index (χ2n) is 5.19. The first-order chi connectivity index (χ1) is 8.65. The van der Waals surface area contributed by atoms with Crippen LogP contribution >= 0.6 is 0 Å². The lowest BCUT2D eigenvalue weighted by Gasteiger charge is -2.29. The van der Waals surface area contributed by atoms with Crippen molar-refractivity contribution in [1.82, 2.24) is 4.90 Å². The van der Waals surface area contributed by atoms with Gasteiger partial charge in [-0.1, -0.05) is 17.7 Å². The Morgan fingerprint density at radius 2 is 2.00 bits per heavy atom. The largest absolute Gasteiger partial charge is 0.492 e. The van der Waals surface area contributed by atoms with Crippen molar-refractivity contribution < 1.29 is 9.84 Å². The second-order valence-corrected chi connectivity index (χ2v) is 5.19. The molecule has 3 heteroatoms. The summed E-state index contributed by atoms with van der Waals surface area (Å²) in [5.41, 5.74) is 2.47. The van der Waals surface area contributed by atoms with Crippen LogP contribution in [0.25, 0.3) is 0 Å². The van der Waals surface area contributed by atoms with Gasteiger partial charge in [-0.3, -0.25) is 4.90 Å². The summed E-state index contributed by atoms with van der Waals surface area (Å²) in [5.74, 6) is 0.984. The van der Waals surface area contributed by atoms with Crippen LogP contribution in [0.1, 0.15) is 24.0 Å². The first kappa shape index (κ1) is 13.4. The summed E-state index contributed by atoms with van der Waals surface area (Å²) in [6.45, 7) is 7.81. The highest BCUT2D eigenvalue weighted by atomic mass is 16.5. The molecular formula is C15H23NO2. The van der Waals surface area contributed by atoms with Gasteiger partial charge < -0.3 is 9.84 Å². The van der Waals surface area contributed by atoms with E-state index in [0.717, 1.165) is 44.8 Å². The van der Waals surface area contributed by atoms with Crippen molar-refractivity contribution in [2.75, 3.05) is 26.2 Å². The molecule has 100 valence electrons. The van der Waals surface area contributed by atoms with Gasteiger partial charge in [0.15, 0.2) is 0 Å². The smallest absolute Gasteiger partial charge is 0.122 e. The quantitative estimate of drug-likeness (QED) is 0.887. The molecule has 0 bridgehead atoms. The number of hydrogen-bond donors (Lipinski definition) is 1. The summed E-state index contributed by atoms with van der Waals surface area (Å²) >= 11 is 0. The van der Waals surface area contributed by atoms with Crippen LogP contribution in [-0.4, -0.2) is 42.4 Å². The molecule has 1 aromatic rings. The summed E-state index contributed by atoms with van der Waals surface area (Å²) in [7, 11) is 0. The van der Waals surface area contributed by atoms with Crippen LogP contribution in [0.4, 0.5) is 0 Å². The van der Waals surface area contributed by atoms with Crippen LogP contribution < -0.4 is 4.74 Å². The number of nitrogens with zero attached hydrogens (tertiary/aromatic N) is 1. The van der Waals surface area contributed by atoms with E-state index in [1.165, 1.54) is 11.1 Å². The number of aliphatic hydroxyl groups excluding tert-OH is 1. The summed E-state index contributed by atoms with van der Waals surface area (Å²) in [6.07, 6.45) is 1.69. The number of piperidine rings is 1. The van der Waals surface area contributed by atoms with Crippen LogP contribution in [0.5, 0.6) is 5.75 Å². The number of aliphatic hydroxyl groups is 1. The van der Waals surface area contributed by atoms with E-state index in [1.807, 2.05) is 6.07 Å². The van der Waals surface area contributed by atoms with Crippen molar-refractivity contribution in [2.24, 2.45) is 0 Å². The van der Waals surface area contributed by atoms with E-state index < -0.39 is 0 Å². The van der Waals surface area contributed by atoms with Gasteiger partial charge in [0.05, 0.1) is 6.10 Å². The lowest BCUT2D eigenvalue weighted by Crippen LogP contribution is -2.38. The standard InChI is InChI=1S/C15H23NO2/c1-12-3-4-15(13(2)11-12)18-10-9-16-7-5-14(17)6-8-16/h3-4,11,14,17H,5-10H2,1-2H3. The molecule has 0 unspecified atom stereocenters. The van der Waals surface area contributed by atoms with E-state index in [2.05, 4.69) is 30.9 Å². The Morgan fingerprint density at radius 3 is 2.67 bits per heavy atom. The molecule has 0 saturated carbocycles. The van der Waals surface area contributed by atoms with Gasteiger partial charge in [-0.05, 0) is 38.3 Å². The van der Waals surface area contributed by atoms with E-state index in [1.54, 1.807) is 0 Å². The minimum Gasteiger partial charge on any atom is -0.492 e. The second kappa shape index (κ2) is 6.21. The van der Waals surface area contributed by atoms with Crippen LogP contribution in [0.3, 0.4) is 0 Å². The molecule has 1 N–H and O–H groups in total. The molecule has 0 aromatic heterocycles. The minimum absolute atomic E-state index is 0.0958. The zero-order valence-electron chi connectivity index (χ0n) is 11.4. The molecule has 0 amide bonds. The van der Waals surface area contributed by atoms with Gasteiger partial charge in [0.1, 0.15) is 12.4 Å². The average molecular weight is 249 g/mol. The van der Waals surface area contributed by atoms with Gasteiger partial charge in [0.25, 0.3) is 0 Å². The third-order valence-corrected chi connectivity index (χ3v) is 3.55. The third-order valence-electron chi connectivity index (χ3n) is 3.55. The fourth-order valence-corrected chi connectivity index (χ4v) is 2.39. The van der Waals surface area contributed by atoms with Crippen molar-refractivity contribution in [1.29, 1.82) is 0 Å². The highest BCUT2D eigenvalue weighted by Gasteiger charge is 2.16. The van der Waals surface area contributed by atoms with E-state index in [0.29, 0.717) is 0 Å². The molecule has 1 fully saturated rings. The van der Waals surface area contributed by atoms with Crippen molar-refractivity contribution in [2.45, 2.75) is 32.8 Å². The molecule has 18 heavy (non-hydrogen) atoms. The number of hydrogen-bond acceptors (Lipinski definition) is 3. The normalized spacial score (nSPS) is 17.9. The van der Waals surface area contributed by atoms with E-state index in [9.17, 15) is 5.11 Å². The number of ether oxygens (including phenoxy) is 1. The third kappa shape index (κ3) is 3.72. The average Bonchev–Trinajstić information content (AvgIpc) is 2.34. The summed E-state index contributed by atoms with van der Waals surface area (Å²) in [5, 5.41) is 9.43.